The fourth-order valence-corrected chi connectivity index (χ4v) is 3.78. The van der Waals surface area contributed by atoms with E-state index in [4.69, 9.17) is 5.73 Å². The van der Waals surface area contributed by atoms with E-state index in [0.717, 1.165) is 11.0 Å². The van der Waals surface area contributed by atoms with Gasteiger partial charge in [0.1, 0.15) is 0 Å². The number of likely N-dealkylation sites (tertiary alicyclic amines) is 1. The molecule has 1 aromatic heterocycles. The van der Waals surface area contributed by atoms with Crippen molar-refractivity contribution < 1.29 is 4.79 Å². The topological polar surface area (TPSA) is 84.1 Å². The number of nitrogens with zero attached hydrogens (tertiary/aromatic N) is 2. The minimum absolute atomic E-state index is 0.0380. The molecule has 3 N–H and O–H groups in total. The molecule has 0 unspecified atom stereocenters. The Morgan fingerprint density at radius 1 is 1.08 bits per heavy atom. The summed E-state index contributed by atoms with van der Waals surface area (Å²) in [7, 11) is 0. The molecule has 0 saturated carbocycles. The van der Waals surface area contributed by atoms with E-state index < -0.39 is 0 Å². The van der Waals surface area contributed by atoms with Gasteiger partial charge in [-0.25, -0.2) is 4.79 Å². The Balaban J connectivity index is 1.44. The zero-order valence-corrected chi connectivity index (χ0v) is 14.5. The summed E-state index contributed by atoms with van der Waals surface area (Å²) in [4.78, 5) is 29.4. The molecule has 1 fully saturated rings. The fourth-order valence-electron chi connectivity index (χ4n) is 3.78. The molecule has 26 heavy (non-hydrogen) atoms. The van der Waals surface area contributed by atoms with Crippen LogP contribution in [0, 0.1) is 0 Å². The van der Waals surface area contributed by atoms with Gasteiger partial charge in [-0.3, -0.25) is 9.36 Å². The first-order valence-electron chi connectivity index (χ1n) is 8.89. The summed E-state index contributed by atoms with van der Waals surface area (Å²) in [5, 5.41) is 0. The van der Waals surface area contributed by atoms with E-state index >= 15 is 0 Å². The third kappa shape index (κ3) is 3.04. The zero-order valence-electron chi connectivity index (χ0n) is 14.5. The molecule has 3 aromatic rings. The van der Waals surface area contributed by atoms with Gasteiger partial charge in [0, 0.05) is 38.0 Å². The monoisotopic (exact) mass is 350 g/mol. The number of aromatic amines is 1. The lowest BCUT2D eigenvalue weighted by Crippen LogP contribution is -2.33. The van der Waals surface area contributed by atoms with Crippen molar-refractivity contribution in [3.8, 4) is 0 Å². The average molecular weight is 350 g/mol. The maximum absolute atomic E-state index is 12.7. The van der Waals surface area contributed by atoms with Gasteiger partial charge < -0.3 is 15.6 Å². The van der Waals surface area contributed by atoms with Gasteiger partial charge in [0.2, 0.25) is 5.91 Å². The van der Waals surface area contributed by atoms with Crippen LogP contribution in [0.2, 0.25) is 0 Å². The Labute approximate surface area is 151 Å². The first kappa shape index (κ1) is 16.6. The lowest BCUT2D eigenvalue weighted by atomic mass is 9.95. The molecule has 1 aliphatic heterocycles. The maximum atomic E-state index is 12.7. The van der Waals surface area contributed by atoms with E-state index in [1.807, 2.05) is 47.4 Å². The molecule has 0 bridgehead atoms. The number of aromatic nitrogens is 2. The highest BCUT2D eigenvalue weighted by atomic mass is 16.2. The Bertz CT molecular complexity index is 976. The highest BCUT2D eigenvalue weighted by molar-refractivity contribution is 5.78. The van der Waals surface area contributed by atoms with Crippen LogP contribution in [0.5, 0.6) is 0 Å². The lowest BCUT2D eigenvalue weighted by molar-refractivity contribution is -0.130. The number of rotatable bonds is 4. The number of nitrogens with two attached hydrogens (primary N) is 1. The molecule has 134 valence electrons. The first-order chi connectivity index (χ1) is 12.6. The molecule has 2 heterocycles. The minimum Gasteiger partial charge on any atom is -0.340 e. The number of amides is 1. The summed E-state index contributed by atoms with van der Waals surface area (Å²) >= 11 is 0. The van der Waals surface area contributed by atoms with Gasteiger partial charge in [0.15, 0.2) is 0 Å². The van der Waals surface area contributed by atoms with Crippen LogP contribution in [-0.2, 0) is 11.3 Å². The van der Waals surface area contributed by atoms with E-state index in [0.29, 0.717) is 19.6 Å². The lowest BCUT2D eigenvalue weighted by Gasteiger charge is -2.16. The molecule has 0 radical (unpaired) electrons. The molecule has 1 saturated heterocycles. The highest BCUT2D eigenvalue weighted by Crippen LogP contribution is 2.26. The molecule has 1 amide bonds. The van der Waals surface area contributed by atoms with Crippen molar-refractivity contribution in [2.75, 3.05) is 13.1 Å². The van der Waals surface area contributed by atoms with Crippen LogP contribution in [0.1, 0.15) is 17.9 Å². The predicted octanol–water partition coefficient (Wildman–Crippen LogP) is 1.67. The molecule has 4 rings (SSSR count). The molecule has 2 atom stereocenters. The van der Waals surface area contributed by atoms with Crippen LogP contribution in [-0.4, -0.2) is 39.5 Å². The second-order valence-electron chi connectivity index (χ2n) is 6.83. The zero-order chi connectivity index (χ0) is 18.1. The molecule has 0 aliphatic carbocycles. The summed E-state index contributed by atoms with van der Waals surface area (Å²) in [6.45, 7) is 1.55. The van der Waals surface area contributed by atoms with Crippen LogP contribution < -0.4 is 11.4 Å². The number of para-hydroxylation sites is 2. The molecule has 6 heteroatoms. The van der Waals surface area contributed by atoms with E-state index in [1.165, 1.54) is 5.56 Å². The van der Waals surface area contributed by atoms with Gasteiger partial charge >= 0.3 is 5.69 Å². The van der Waals surface area contributed by atoms with E-state index in [9.17, 15) is 9.59 Å². The standard InChI is InChI=1S/C20H22N4O2/c21-16-13-23(12-15(16)14-6-2-1-3-7-14)19(25)10-11-24-18-9-5-4-8-17(18)22-20(24)26/h1-9,15-16H,10-13,21H2,(H,22,26)/t15-,16+/m0/s1. The number of benzene rings is 2. The molecular weight excluding hydrogens is 328 g/mol. The fraction of sp³-hybridized carbons (Fsp3) is 0.300. The molecule has 6 nitrogen and oxygen atoms in total. The minimum atomic E-state index is -0.181. The van der Waals surface area contributed by atoms with Gasteiger partial charge in [-0.15, -0.1) is 0 Å². The predicted molar refractivity (Wildman–Crippen MR) is 101 cm³/mol. The summed E-state index contributed by atoms with van der Waals surface area (Å²) < 4.78 is 1.62. The summed E-state index contributed by atoms with van der Waals surface area (Å²) in [5.74, 6) is 0.201. The van der Waals surface area contributed by atoms with Crippen molar-refractivity contribution in [1.29, 1.82) is 0 Å². The second-order valence-corrected chi connectivity index (χ2v) is 6.83. The second kappa shape index (κ2) is 6.80. The van der Waals surface area contributed by atoms with Gasteiger partial charge in [0.25, 0.3) is 0 Å². The summed E-state index contributed by atoms with van der Waals surface area (Å²) in [6, 6.07) is 17.5. The van der Waals surface area contributed by atoms with Gasteiger partial charge in [-0.2, -0.15) is 0 Å². The van der Waals surface area contributed by atoms with Crippen molar-refractivity contribution in [1.82, 2.24) is 14.5 Å². The Kier molecular flexibility index (Phi) is 4.34. The number of H-pyrrole nitrogens is 1. The molecule has 0 spiro atoms. The Hall–Kier alpha value is -2.86. The summed E-state index contributed by atoms with van der Waals surface area (Å²) in [5.41, 5.74) is 8.88. The number of carbonyl (C=O) groups is 1. The van der Waals surface area contributed by atoms with E-state index in [1.54, 1.807) is 4.57 Å². The third-order valence-corrected chi connectivity index (χ3v) is 5.18. The number of carbonyl (C=O) groups excluding carboxylic acids is 1. The van der Waals surface area contributed by atoms with Crippen molar-refractivity contribution >= 4 is 16.9 Å². The van der Waals surface area contributed by atoms with Crippen LogP contribution in [0.4, 0.5) is 0 Å². The number of fused-ring (bicyclic) bond motifs is 1. The number of imidazole rings is 1. The number of nitrogens with one attached hydrogen (secondary N) is 1. The quantitative estimate of drug-likeness (QED) is 0.751. The van der Waals surface area contributed by atoms with E-state index in [-0.39, 0.29) is 30.0 Å². The van der Waals surface area contributed by atoms with Crippen molar-refractivity contribution in [2.24, 2.45) is 5.73 Å². The molecular formula is C20H22N4O2. The van der Waals surface area contributed by atoms with Crippen LogP contribution >= 0.6 is 0 Å². The number of hydrogen-bond donors (Lipinski definition) is 2. The normalized spacial score (nSPS) is 20.0. The molecule has 1 aliphatic rings. The Morgan fingerprint density at radius 3 is 2.62 bits per heavy atom. The van der Waals surface area contributed by atoms with Gasteiger partial charge in [-0.1, -0.05) is 42.5 Å². The van der Waals surface area contributed by atoms with Crippen molar-refractivity contribution in [2.45, 2.75) is 24.9 Å². The third-order valence-electron chi connectivity index (χ3n) is 5.18. The van der Waals surface area contributed by atoms with Gasteiger partial charge in [0.05, 0.1) is 11.0 Å². The average Bonchev–Trinajstić information content (AvgIpc) is 3.20. The van der Waals surface area contributed by atoms with Crippen LogP contribution in [0.25, 0.3) is 11.0 Å². The SMILES string of the molecule is N[C@@H]1CN(C(=O)CCn2c(=O)[nH]c3ccccc32)C[C@H]1c1ccccc1. The maximum Gasteiger partial charge on any atom is 0.326 e. The molecule has 2 aromatic carbocycles. The first-order valence-corrected chi connectivity index (χ1v) is 8.89. The van der Waals surface area contributed by atoms with Crippen LogP contribution in [0.15, 0.2) is 59.4 Å². The number of aryl methyl sites for hydroxylation is 1. The van der Waals surface area contributed by atoms with Crippen molar-refractivity contribution in [3.05, 3.63) is 70.6 Å². The van der Waals surface area contributed by atoms with Crippen LogP contribution in [0.3, 0.4) is 0 Å². The number of hydrogen-bond acceptors (Lipinski definition) is 3. The Morgan fingerprint density at radius 2 is 1.81 bits per heavy atom. The van der Waals surface area contributed by atoms with Gasteiger partial charge in [-0.05, 0) is 17.7 Å². The van der Waals surface area contributed by atoms with Crippen molar-refractivity contribution in [3.63, 3.8) is 0 Å². The largest absolute Gasteiger partial charge is 0.340 e. The highest BCUT2D eigenvalue weighted by Gasteiger charge is 2.33. The smallest absolute Gasteiger partial charge is 0.326 e. The summed E-state index contributed by atoms with van der Waals surface area (Å²) in [6.07, 6.45) is 0.288. The van der Waals surface area contributed by atoms with E-state index in [2.05, 4.69) is 17.1 Å².